The summed E-state index contributed by atoms with van der Waals surface area (Å²) in [6.07, 6.45) is 2.18. The molecule has 0 atom stereocenters. The topological polar surface area (TPSA) is 53.2 Å². The van der Waals surface area contributed by atoms with Crippen LogP contribution in [0.4, 0.5) is 5.69 Å². The number of piperazine rings is 1. The molecule has 0 aliphatic carbocycles. The van der Waals surface area contributed by atoms with Gasteiger partial charge in [-0.15, -0.1) is 24.8 Å². The Balaban J connectivity index is 0.00000113. The first-order valence-corrected chi connectivity index (χ1v) is 9.45. The van der Waals surface area contributed by atoms with Gasteiger partial charge in [-0.1, -0.05) is 23.4 Å². The Labute approximate surface area is 169 Å². The minimum atomic E-state index is 0. The van der Waals surface area contributed by atoms with E-state index < -0.39 is 0 Å². The van der Waals surface area contributed by atoms with Gasteiger partial charge >= 0.3 is 0 Å². The normalized spacial score (nSPS) is 18.7. The Morgan fingerprint density at radius 1 is 1.16 bits per heavy atom. The molecule has 9 heteroatoms. The van der Waals surface area contributed by atoms with Crippen molar-refractivity contribution < 1.29 is 4.74 Å². The number of hydrogen-bond acceptors (Lipinski definition) is 5. The van der Waals surface area contributed by atoms with E-state index >= 15 is 0 Å². The molecule has 3 heterocycles. The molecule has 25 heavy (non-hydrogen) atoms. The number of aromatic amines is 1. The van der Waals surface area contributed by atoms with E-state index in [9.17, 15) is 0 Å². The zero-order chi connectivity index (χ0) is 15.6. The first-order chi connectivity index (χ1) is 11.3. The molecule has 2 saturated heterocycles. The molecule has 2 aliphatic rings. The van der Waals surface area contributed by atoms with Crippen molar-refractivity contribution in [2.24, 2.45) is 0 Å². The highest BCUT2D eigenvalue weighted by Crippen LogP contribution is 2.33. The van der Waals surface area contributed by atoms with E-state index in [0.29, 0.717) is 5.25 Å². The van der Waals surface area contributed by atoms with Gasteiger partial charge in [0.05, 0.1) is 21.7 Å². The largest absolute Gasteiger partial charge is 0.381 e. The van der Waals surface area contributed by atoms with Crippen LogP contribution in [0.15, 0.2) is 17.3 Å². The number of aromatic nitrogens is 2. The van der Waals surface area contributed by atoms with Crippen LogP contribution in [-0.4, -0.2) is 54.6 Å². The summed E-state index contributed by atoms with van der Waals surface area (Å²) >= 11 is 8.32. The maximum Gasteiger partial charge on any atom is 0.166 e. The van der Waals surface area contributed by atoms with Crippen molar-refractivity contribution in [3.05, 3.63) is 17.2 Å². The second kappa shape index (κ2) is 9.53. The molecular weight excluding hydrogens is 403 g/mol. The van der Waals surface area contributed by atoms with Gasteiger partial charge in [-0.3, -0.25) is 0 Å². The van der Waals surface area contributed by atoms with Crippen LogP contribution in [0.1, 0.15) is 12.8 Å². The fourth-order valence-corrected chi connectivity index (χ4v) is 4.49. The van der Waals surface area contributed by atoms with Crippen molar-refractivity contribution in [2.75, 3.05) is 44.3 Å². The minimum Gasteiger partial charge on any atom is -0.381 e. The van der Waals surface area contributed by atoms with Gasteiger partial charge in [0.25, 0.3) is 0 Å². The molecular formula is C16H23Cl3N4OS. The predicted molar refractivity (Wildman–Crippen MR) is 110 cm³/mol. The van der Waals surface area contributed by atoms with Crippen molar-refractivity contribution in [3.8, 4) is 0 Å². The number of benzene rings is 1. The molecule has 0 spiro atoms. The number of nitrogens with zero attached hydrogens (tertiary/aromatic N) is 2. The lowest BCUT2D eigenvalue weighted by molar-refractivity contribution is 0.1000. The Kier molecular flexibility index (Phi) is 7.98. The lowest BCUT2D eigenvalue weighted by atomic mass is 10.2. The summed E-state index contributed by atoms with van der Waals surface area (Å²) in [4.78, 5) is 10.5. The van der Waals surface area contributed by atoms with Crippen molar-refractivity contribution in [1.29, 1.82) is 0 Å². The number of H-pyrrole nitrogens is 1. The van der Waals surface area contributed by atoms with Gasteiger partial charge in [-0.2, -0.15) is 0 Å². The van der Waals surface area contributed by atoms with Gasteiger partial charge in [0.1, 0.15) is 0 Å². The fraction of sp³-hybridized carbons (Fsp3) is 0.562. The zero-order valence-electron chi connectivity index (χ0n) is 13.8. The van der Waals surface area contributed by atoms with Crippen LogP contribution in [0.2, 0.25) is 5.02 Å². The number of rotatable bonds is 3. The highest BCUT2D eigenvalue weighted by atomic mass is 35.5. The van der Waals surface area contributed by atoms with Crippen LogP contribution in [0.3, 0.4) is 0 Å². The molecule has 0 amide bonds. The average molecular weight is 426 g/mol. The highest BCUT2D eigenvalue weighted by Gasteiger charge is 2.19. The number of fused-ring (bicyclic) bond motifs is 1. The molecule has 2 aromatic rings. The van der Waals surface area contributed by atoms with Crippen LogP contribution in [0.5, 0.6) is 0 Å². The minimum absolute atomic E-state index is 0. The highest BCUT2D eigenvalue weighted by molar-refractivity contribution is 7.99. The van der Waals surface area contributed by atoms with Gasteiger partial charge in [-0.05, 0) is 25.0 Å². The second-order valence-electron chi connectivity index (χ2n) is 6.03. The lowest BCUT2D eigenvalue weighted by Gasteiger charge is -2.30. The summed E-state index contributed by atoms with van der Waals surface area (Å²) in [6, 6.07) is 4.13. The monoisotopic (exact) mass is 424 g/mol. The molecule has 2 aliphatic heterocycles. The summed E-state index contributed by atoms with van der Waals surface area (Å²) in [5.41, 5.74) is 3.12. The molecule has 0 radical (unpaired) electrons. The van der Waals surface area contributed by atoms with E-state index in [1.807, 2.05) is 17.8 Å². The SMILES string of the molecule is Cl.Cl.Clc1cc2nc(SC3CCOCC3)[nH]c2cc1N1CCNCC1. The number of halogens is 3. The number of thioether (sulfide) groups is 1. The number of anilines is 1. The second-order valence-corrected chi connectivity index (χ2v) is 7.73. The van der Waals surface area contributed by atoms with Gasteiger partial charge in [0.2, 0.25) is 0 Å². The average Bonchev–Trinajstić information content (AvgIpc) is 2.97. The molecule has 140 valence electrons. The van der Waals surface area contributed by atoms with Crippen molar-refractivity contribution in [2.45, 2.75) is 23.2 Å². The summed E-state index contributed by atoms with van der Waals surface area (Å²) in [7, 11) is 0. The van der Waals surface area contributed by atoms with E-state index in [2.05, 4.69) is 21.3 Å². The first kappa shape index (κ1) is 20.9. The zero-order valence-corrected chi connectivity index (χ0v) is 17.0. The third-order valence-electron chi connectivity index (χ3n) is 4.43. The Morgan fingerprint density at radius 3 is 2.60 bits per heavy atom. The van der Waals surface area contributed by atoms with Gasteiger partial charge < -0.3 is 19.9 Å². The third kappa shape index (κ3) is 4.87. The Hall–Kier alpha value is -0.370. The predicted octanol–water partition coefficient (Wildman–Crippen LogP) is 3.74. The van der Waals surface area contributed by atoms with Gasteiger partial charge in [-0.25, -0.2) is 4.98 Å². The molecule has 0 bridgehead atoms. The van der Waals surface area contributed by atoms with Crippen LogP contribution in [0.25, 0.3) is 11.0 Å². The molecule has 1 aromatic heterocycles. The third-order valence-corrected chi connectivity index (χ3v) is 5.96. The molecule has 0 saturated carbocycles. The lowest BCUT2D eigenvalue weighted by Crippen LogP contribution is -2.43. The van der Waals surface area contributed by atoms with E-state index in [1.165, 1.54) is 0 Å². The number of ether oxygens (including phenoxy) is 1. The van der Waals surface area contributed by atoms with E-state index in [0.717, 1.165) is 79.1 Å². The Morgan fingerprint density at radius 2 is 1.88 bits per heavy atom. The Bertz CT molecular complexity index is 687. The van der Waals surface area contributed by atoms with Crippen molar-refractivity contribution in [1.82, 2.24) is 15.3 Å². The first-order valence-electron chi connectivity index (χ1n) is 8.19. The molecule has 2 N–H and O–H groups in total. The number of nitrogens with one attached hydrogen (secondary N) is 2. The maximum absolute atomic E-state index is 6.50. The quantitative estimate of drug-likeness (QED) is 0.784. The molecule has 5 nitrogen and oxygen atoms in total. The molecule has 0 unspecified atom stereocenters. The van der Waals surface area contributed by atoms with Crippen LogP contribution >= 0.6 is 48.2 Å². The maximum atomic E-state index is 6.50. The van der Waals surface area contributed by atoms with Gasteiger partial charge in [0.15, 0.2) is 5.16 Å². The molecule has 2 fully saturated rings. The van der Waals surface area contributed by atoms with E-state index in [-0.39, 0.29) is 24.8 Å². The van der Waals surface area contributed by atoms with Crippen LogP contribution < -0.4 is 10.2 Å². The van der Waals surface area contributed by atoms with Crippen LogP contribution in [-0.2, 0) is 4.74 Å². The molecule has 1 aromatic carbocycles. The fourth-order valence-electron chi connectivity index (χ4n) is 3.15. The van der Waals surface area contributed by atoms with E-state index in [1.54, 1.807) is 0 Å². The molecule has 4 rings (SSSR count). The summed E-state index contributed by atoms with van der Waals surface area (Å²) < 4.78 is 5.42. The summed E-state index contributed by atoms with van der Waals surface area (Å²) in [5, 5.41) is 5.73. The summed E-state index contributed by atoms with van der Waals surface area (Å²) in [5.74, 6) is 0. The van der Waals surface area contributed by atoms with E-state index in [4.69, 9.17) is 21.3 Å². The van der Waals surface area contributed by atoms with Crippen LogP contribution in [0, 0.1) is 0 Å². The van der Waals surface area contributed by atoms with Gasteiger partial charge in [0, 0.05) is 44.6 Å². The number of hydrogen-bond donors (Lipinski definition) is 2. The van der Waals surface area contributed by atoms with Crippen molar-refractivity contribution in [3.63, 3.8) is 0 Å². The number of imidazole rings is 1. The smallest absolute Gasteiger partial charge is 0.166 e. The standard InChI is InChI=1S/C16H21ClN4OS.2ClH/c17-12-9-13-14(10-15(12)21-5-3-18-4-6-21)20-16(19-13)23-11-1-7-22-8-2-11;;/h9-11,18H,1-8H2,(H,19,20);2*1H. The van der Waals surface area contributed by atoms with Crippen molar-refractivity contribution >= 4 is 64.9 Å². The summed E-state index contributed by atoms with van der Waals surface area (Å²) in [6.45, 7) is 5.70.